The minimum Gasteiger partial charge on any atom is -0.140 e. The summed E-state index contributed by atoms with van der Waals surface area (Å²) in [6, 6.07) is 9.31. The van der Waals surface area contributed by atoms with Crippen LogP contribution in [0.1, 0.15) is 38.1 Å². The quantitative estimate of drug-likeness (QED) is 0.687. The summed E-state index contributed by atoms with van der Waals surface area (Å²) in [6.07, 6.45) is 2.40. The first kappa shape index (κ1) is 12.6. The number of benzene rings is 1. The van der Waals surface area contributed by atoms with Crippen molar-refractivity contribution in [2.24, 2.45) is 11.8 Å². The highest BCUT2D eigenvalue weighted by atomic mass is 32.1. The summed E-state index contributed by atoms with van der Waals surface area (Å²) in [7, 11) is 0. The number of hydrogen-bond acceptors (Lipinski definition) is 1. The van der Waals surface area contributed by atoms with Crippen molar-refractivity contribution in [2.75, 3.05) is 0 Å². The summed E-state index contributed by atoms with van der Waals surface area (Å²) in [5.41, 5.74) is 1.48. The van der Waals surface area contributed by atoms with Gasteiger partial charge in [-0.3, -0.25) is 0 Å². The van der Waals surface area contributed by atoms with Crippen LogP contribution in [0.25, 0.3) is 10.1 Å². The molecule has 0 aliphatic carbocycles. The van der Waals surface area contributed by atoms with E-state index < -0.39 is 0 Å². The highest BCUT2D eigenvalue weighted by Crippen LogP contribution is 2.28. The van der Waals surface area contributed by atoms with Crippen LogP contribution in [0.2, 0.25) is 0 Å². The molecule has 0 unspecified atom stereocenters. The molecular formula is C16H22S. The Hall–Kier alpha value is -0.820. The Kier molecular flexibility index (Phi) is 3.88. The second-order valence-electron chi connectivity index (χ2n) is 5.78. The molecule has 92 valence electrons. The van der Waals surface area contributed by atoms with Crippen LogP contribution in [0.5, 0.6) is 0 Å². The Morgan fingerprint density at radius 3 is 2.29 bits per heavy atom. The van der Waals surface area contributed by atoms with Crippen LogP contribution in [0.15, 0.2) is 24.3 Å². The van der Waals surface area contributed by atoms with Crippen LogP contribution in [0.3, 0.4) is 0 Å². The molecule has 0 aliphatic heterocycles. The van der Waals surface area contributed by atoms with Gasteiger partial charge >= 0.3 is 0 Å². The van der Waals surface area contributed by atoms with Crippen LogP contribution in [-0.2, 0) is 12.8 Å². The van der Waals surface area contributed by atoms with Crippen molar-refractivity contribution in [1.29, 1.82) is 0 Å². The lowest BCUT2D eigenvalue weighted by Gasteiger charge is -2.04. The average molecular weight is 246 g/mol. The van der Waals surface area contributed by atoms with Gasteiger partial charge in [0.25, 0.3) is 0 Å². The van der Waals surface area contributed by atoms with Crippen LogP contribution in [0.4, 0.5) is 0 Å². The first-order valence-corrected chi connectivity index (χ1v) is 7.37. The molecule has 0 fully saturated rings. The zero-order valence-electron chi connectivity index (χ0n) is 11.3. The third-order valence-corrected chi connectivity index (χ3v) is 4.01. The molecule has 0 aliphatic rings. The molecular weight excluding hydrogens is 224 g/mol. The van der Waals surface area contributed by atoms with Gasteiger partial charge in [-0.15, -0.1) is 11.3 Å². The molecule has 0 amide bonds. The highest BCUT2D eigenvalue weighted by Gasteiger charge is 2.05. The van der Waals surface area contributed by atoms with Crippen molar-refractivity contribution in [2.45, 2.75) is 40.5 Å². The van der Waals surface area contributed by atoms with Gasteiger partial charge in [-0.1, -0.05) is 39.8 Å². The molecule has 0 nitrogen and oxygen atoms in total. The average Bonchev–Trinajstić information content (AvgIpc) is 2.56. The molecule has 0 spiro atoms. The molecule has 0 radical (unpaired) electrons. The maximum absolute atomic E-state index is 2.38. The Bertz CT molecular complexity index is 483. The van der Waals surface area contributed by atoms with Crippen LogP contribution >= 0.6 is 11.3 Å². The van der Waals surface area contributed by atoms with Gasteiger partial charge in [0.05, 0.1) is 0 Å². The first-order valence-electron chi connectivity index (χ1n) is 6.56. The van der Waals surface area contributed by atoms with Crippen molar-refractivity contribution in [3.8, 4) is 0 Å². The second-order valence-corrected chi connectivity index (χ2v) is 6.95. The standard InChI is InChI=1S/C16H22S/c1-11(2)7-13-5-6-14-10-15(8-12(3)4)17-16(14)9-13/h5-6,9-12H,7-8H2,1-4H3. The Labute approximate surface area is 109 Å². The summed E-state index contributed by atoms with van der Waals surface area (Å²) < 4.78 is 1.46. The molecule has 0 saturated heterocycles. The van der Waals surface area contributed by atoms with E-state index in [0.717, 1.165) is 11.8 Å². The predicted octanol–water partition coefficient (Wildman–Crippen LogP) is 5.30. The van der Waals surface area contributed by atoms with Crippen LogP contribution in [-0.4, -0.2) is 0 Å². The maximum Gasteiger partial charge on any atom is 0.0348 e. The fourth-order valence-corrected chi connectivity index (χ4v) is 3.57. The summed E-state index contributed by atoms with van der Waals surface area (Å²) in [6.45, 7) is 9.13. The Morgan fingerprint density at radius 1 is 0.941 bits per heavy atom. The van der Waals surface area contributed by atoms with Crippen molar-refractivity contribution in [3.63, 3.8) is 0 Å². The molecule has 1 aromatic heterocycles. The molecule has 17 heavy (non-hydrogen) atoms. The van der Waals surface area contributed by atoms with E-state index in [9.17, 15) is 0 Å². The van der Waals surface area contributed by atoms with E-state index in [1.807, 2.05) is 11.3 Å². The first-order chi connectivity index (χ1) is 8.04. The monoisotopic (exact) mass is 246 g/mol. The van der Waals surface area contributed by atoms with Crippen molar-refractivity contribution < 1.29 is 0 Å². The SMILES string of the molecule is CC(C)Cc1ccc2cc(CC(C)C)sc2c1. The molecule has 0 saturated carbocycles. The van der Waals surface area contributed by atoms with E-state index in [-0.39, 0.29) is 0 Å². The van der Waals surface area contributed by atoms with Gasteiger partial charge < -0.3 is 0 Å². The Morgan fingerprint density at radius 2 is 1.65 bits per heavy atom. The van der Waals surface area contributed by atoms with Gasteiger partial charge in [0.2, 0.25) is 0 Å². The van der Waals surface area contributed by atoms with E-state index in [1.54, 1.807) is 0 Å². The summed E-state index contributed by atoms with van der Waals surface area (Å²) in [4.78, 5) is 1.52. The number of rotatable bonds is 4. The van der Waals surface area contributed by atoms with E-state index in [4.69, 9.17) is 0 Å². The minimum atomic E-state index is 0.738. The minimum absolute atomic E-state index is 0.738. The van der Waals surface area contributed by atoms with Gasteiger partial charge in [-0.2, -0.15) is 0 Å². The zero-order valence-corrected chi connectivity index (χ0v) is 12.1. The van der Waals surface area contributed by atoms with Crippen molar-refractivity contribution >= 4 is 21.4 Å². The number of thiophene rings is 1. The normalized spacial score (nSPS) is 11.9. The van der Waals surface area contributed by atoms with Gasteiger partial charge in [-0.25, -0.2) is 0 Å². The van der Waals surface area contributed by atoms with Gasteiger partial charge in [0.15, 0.2) is 0 Å². The highest BCUT2D eigenvalue weighted by molar-refractivity contribution is 7.19. The fraction of sp³-hybridized carbons (Fsp3) is 0.500. The Balaban J connectivity index is 2.27. The molecule has 1 aromatic carbocycles. The third kappa shape index (κ3) is 3.32. The molecule has 2 aromatic rings. The molecule has 0 bridgehead atoms. The zero-order chi connectivity index (χ0) is 12.4. The maximum atomic E-state index is 2.38. The van der Waals surface area contributed by atoms with Crippen LogP contribution in [0, 0.1) is 11.8 Å². The smallest absolute Gasteiger partial charge is 0.0348 e. The summed E-state index contributed by atoms with van der Waals surface area (Å²) in [5.74, 6) is 1.49. The lowest BCUT2D eigenvalue weighted by Crippen LogP contribution is -1.92. The largest absolute Gasteiger partial charge is 0.140 e. The summed E-state index contributed by atoms with van der Waals surface area (Å²) >= 11 is 1.97. The molecule has 2 rings (SSSR count). The van der Waals surface area contributed by atoms with Gasteiger partial charge in [-0.05, 0) is 47.8 Å². The lowest BCUT2D eigenvalue weighted by atomic mass is 10.0. The van der Waals surface area contributed by atoms with E-state index in [1.165, 1.54) is 33.4 Å². The van der Waals surface area contributed by atoms with E-state index in [0.29, 0.717) is 0 Å². The molecule has 0 N–H and O–H groups in total. The van der Waals surface area contributed by atoms with E-state index in [2.05, 4.69) is 52.0 Å². The third-order valence-electron chi connectivity index (χ3n) is 2.89. The van der Waals surface area contributed by atoms with Crippen molar-refractivity contribution in [1.82, 2.24) is 0 Å². The number of hydrogen-bond donors (Lipinski definition) is 0. The second kappa shape index (κ2) is 5.22. The molecule has 1 heterocycles. The summed E-state index contributed by atoms with van der Waals surface area (Å²) in [5, 5.41) is 1.41. The molecule has 0 atom stereocenters. The lowest BCUT2D eigenvalue weighted by molar-refractivity contribution is 0.648. The fourth-order valence-electron chi connectivity index (χ4n) is 2.23. The van der Waals surface area contributed by atoms with Crippen molar-refractivity contribution in [3.05, 3.63) is 34.7 Å². The van der Waals surface area contributed by atoms with Gasteiger partial charge in [0, 0.05) is 9.58 Å². The topological polar surface area (TPSA) is 0 Å². The molecule has 1 heteroatoms. The predicted molar refractivity (Wildman–Crippen MR) is 78.9 cm³/mol. The number of fused-ring (bicyclic) bond motifs is 1. The van der Waals surface area contributed by atoms with Crippen LogP contribution < -0.4 is 0 Å². The van der Waals surface area contributed by atoms with E-state index >= 15 is 0 Å². The van der Waals surface area contributed by atoms with Gasteiger partial charge in [0.1, 0.15) is 0 Å².